The van der Waals surface area contributed by atoms with Crippen molar-refractivity contribution in [1.29, 1.82) is 0 Å². The number of halogens is 1. The molecule has 2 fully saturated rings. The fraction of sp³-hybridized carbons (Fsp3) is 0.636. The van der Waals surface area contributed by atoms with Crippen molar-refractivity contribution in [3.8, 4) is 0 Å². The van der Waals surface area contributed by atoms with E-state index in [0.29, 0.717) is 31.5 Å². The first-order valence-electron chi connectivity index (χ1n) is 10.7. The highest BCUT2D eigenvalue weighted by molar-refractivity contribution is 5.78. The van der Waals surface area contributed by atoms with Gasteiger partial charge < -0.3 is 25.2 Å². The topological polar surface area (TPSA) is 74.4 Å². The van der Waals surface area contributed by atoms with Crippen LogP contribution in [0.1, 0.15) is 33.6 Å². The maximum Gasteiger partial charge on any atom is 0.410 e. The number of ether oxygens (including phenoxy) is 1. The van der Waals surface area contributed by atoms with Gasteiger partial charge in [-0.2, -0.15) is 0 Å². The Bertz CT molecular complexity index is 731. The number of hydrogen-bond acceptors (Lipinski definition) is 4. The minimum absolute atomic E-state index is 0.217. The number of piperidine rings is 1. The molecule has 1 amide bonds. The maximum absolute atomic E-state index is 13.1. The largest absolute Gasteiger partial charge is 0.444 e. The van der Waals surface area contributed by atoms with Gasteiger partial charge in [0, 0.05) is 51.5 Å². The van der Waals surface area contributed by atoms with E-state index in [-0.39, 0.29) is 11.9 Å². The molecular weight excluding hydrogens is 385 g/mol. The molecule has 0 spiro atoms. The second kappa shape index (κ2) is 9.53. The van der Waals surface area contributed by atoms with Gasteiger partial charge in [0.05, 0.1) is 0 Å². The van der Waals surface area contributed by atoms with Gasteiger partial charge >= 0.3 is 6.09 Å². The van der Waals surface area contributed by atoms with Crippen LogP contribution in [0.25, 0.3) is 0 Å². The van der Waals surface area contributed by atoms with Crippen LogP contribution in [-0.2, 0) is 4.74 Å². The van der Waals surface area contributed by atoms with E-state index in [9.17, 15) is 9.18 Å². The third kappa shape index (κ3) is 6.24. The number of carbonyl (C=O) groups is 1. The Kier molecular flexibility index (Phi) is 7.05. The van der Waals surface area contributed by atoms with Gasteiger partial charge in [0.25, 0.3) is 0 Å². The molecule has 0 aliphatic carbocycles. The van der Waals surface area contributed by atoms with Crippen LogP contribution in [0.3, 0.4) is 0 Å². The van der Waals surface area contributed by atoms with Crippen LogP contribution in [-0.4, -0.2) is 73.3 Å². The molecule has 2 heterocycles. The lowest BCUT2D eigenvalue weighted by Gasteiger charge is -2.37. The van der Waals surface area contributed by atoms with Crippen LogP contribution in [0, 0.1) is 11.7 Å². The van der Waals surface area contributed by atoms with E-state index < -0.39 is 5.60 Å². The summed E-state index contributed by atoms with van der Waals surface area (Å²) in [5, 5.41) is 0. The Labute approximate surface area is 178 Å². The number of piperazine rings is 1. The summed E-state index contributed by atoms with van der Waals surface area (Å²) in [5.41, 5.74) is 6.80. The Morgan fingerprint density at radius 1 is 1.07 bits per heavy atom. The highest BCUT2D eigenvalue weighted by atomic mass is 19.1. The molecular formula is C22H34FN5O2. The average molecular weight is 420 g/mol. The van der Waals surface area contributed by atoms with Crippen LogP contribution in [0.2, 0.25) is 0 Å². The third-order valence-electron chi connectivity index (χ3n) is 5.57. The number of carbonyl (C=O) groups excluding carboxylic acids is 1. The summed E-state index contributed by atoms with van der Waals surface area (Å²) >= 11 is 0. The Morgan fingerprint density at radius 3 is 2.23 bits per heavy atom. The SMILES string of the molecule is CC(C)(C)OC(=O)N1CCC(CN=C(N)N2CCN(c3ccc(F)cc3)CC2)CC1. The van der Waals surface area contributed by atoms with Crippen LogP contribution >= 0.6 is 0 Å². The maximum atomic E-state index is 13.1. The van der Waals surface area contributed by atoms with Gasteiger partial charge in [0.2, 0.25) is 0 Å². The quantitative estimate of drug-likeness (QED) is 0.602. The molecule has 30 heavy (non-hydrogen) atoms. The number of amides is 1. The van der Waals surface area contributed by atoms with E-state index in [1.807, 2.05) is 32.9 Å². The summed E-state index contributed by atoms with van der Waals surface area (Å²) < 4.78 is 18.5. The number of aliphatic imine (C=N–C) groups is 1. The first kappa shape index (κ1) is 22.2. The van der Waals surface area contributed by atoms with E-state index in [2.05, 4.69) is 14.8 Å². The van der Waals surface area contributed by atoms with Crippen molar-refractivity contribution in [1.82, 2.24) is 9.80 Å². The van der Waals surface area contributed by atoms with Gasteiger partial charge in [-0.05, 0) is 63.8 Å². The van der Waals surface area contributed by atoms with E-state index in [0.717, 1.165) is 44.7 Å². The normalized spacial score (nSPS) is 19.2. The number of guanidine groups is 1. The number of nitrogens with two attached hydrogens (primary N) is 1. The highest BCUT2D eigenvalue weighted by Gasteiger charge is 2.27. The zero-order valence-corrected chi connectivity index (χ0v) is 18.3. The van der Waals surface area contributed by atoms with Gasteiger partial charge in [0.15, 0.2) is 5.96 Å². The molecule has 2 saturated heterocycles. The Balaban J connectivity index is 1.41. The van der Waals surface area contributed by atoms with Crippen LogP contribution < -0.4 is 10.6 Å². The number of hydrogen-bond donors (Lipinski definition) is 1. The molecule has 0 saturated carbocycles. The predicted octanol–water partition coefficient (Wildman–Crippen LogP) is 2.91. The first-order chi connectivity index (χ1) is 14.2. The lowest BCUT2D eigenvalue weighted by atomic mass is 9.97. The van der Waals surface area contributed by atoms with Gasteiger partial charge in [0.1, 0.15) is 11.4 Å². The number of rotatable bonds is 3. The Morgan fingerprint density at radius 2 is 1.67 bits per heavy atom. The third-order valence-corrected chi connectivity index (χ3v) is 5.57. The molecule has 166 valence electrons. The number of nitrogens with zero attached hydrogens (tertiary/aromatic N) is 4. The van der Waals surface area contributed by atoms with Crippen molar-refractivity contribution in [2.75, 3.05) is 50.7 Å². The van der Waals surface area contributed by atoms with Crippen molar-refractivity contribution >= 4 is 17.7 Å². The lowest BCUT2D eigenvalue weighted by Crippen LogP contribution is -2.51. The molecule has 1 aromatic carbocycles. The molecule has 0 radical (unpaired) electrons. The van der Waals surface area contributed by atoms with Crippen molar-refractivity contribution in [2.45, 2.75) is 39.2 Å². The average Bonchev–Trinajstić information content (AvgIpc) is 2.72. The smallest absolute Gasteiger partial charge is 0.410 e. The van der Waals surface area contributed by atoms with Crippen molar-refractivity contribution in [3.63, 3.8) is 0 Å². The molecule has 2 N–H and O–H groups in total. The molecule has 0 bridgehead atoms. The molecule has 0 aromatic heterocycles. The van der Waals surface area contributed by atoms with E-state index in [1.165, 1.54) is 12.1 Å². The summed E-state index contributed by atoms with van der Waals surface area (Å²) in [6.07, 6.45) is 1.59. The van der Waals surface area contributed by atoms with Crippen molar-refractivity contribution in [3.05, 3.63) is 30.1 Å². The molecule has 0 atom stereocenters. The van der Waals surface area contributed by atoms with Gasteiger partial charge in [-0.25, -0.2) is 9.18 Å². The second-order valence-corrected chi connectivity index (χ2v) is 9.06. The number of anilines is 1. The van der Waals surface area contributed by atoms with E-state index in [1.54, 1.807) is 4.90 Å². The molecule has 3 rings (SSSR count). The summed E-state index contributed by atoms with van der Waals surface area (Å²) in [6.45, 7) is 11.0. The molecule has 2 aliphatic rings. The molecule has 0 unspecified atom stereocenters. The molecule has 7 nitrogen and oxygen atoms in total. The standard InChI is InChI=1S/C22H34FN5O2/c1-22(2,3)30-21(29)28-10-8-17(9-11-28)16-25-20(24)27-14-12-26(13-15-27)19-6-4-18(23)5-7-19/h4-7,17H,8-16H2,1-3H3,(H2,24,25). The lowest BCUT2D eigenvalue weighted by molar-refractivity contribution is 0.0187. The second-order valence-electron chi connectivity index (χ2n) is 9.06. The fourth-order valence-corrected chi connectivity index (χ4v) is 3.79. The van der Waals surface area contributed by atoms with Crippen LogP contribution in [0.4, 0.5) is 14.9 Å². The van der Waals surface area contributed by atoms with E-state index in [4.69, 9.17) is 10.5 Å². The zero-order valence-electron chi connectivity index (χ0n) is 18.3. The zero-order chi connectivity index (χ0) is 21.7. The fourth-order valence-electron chi connectivity index (χ4n) is 3.79. The molecule has 1 aromatic rings. The minimum atomic E-state index is -0.465. The van der Waals surface area contributed by atoms with Crippen LogP contribution in [0.15, 0.2) is 29.3 Å². The summed E-state index contributed by atoms with van der Waals surface area (Å²) in [6, 6.07) is 6.61. The minimum Gasteiger partial charge on any atom is -0.444 e. The first-order valence-corrected chi connectivity index (χ1v) is 10.7. The van der Waals surface area contributed by atoms with Crippen LogP contribution in [0.5, 0.6) is 0 Å². The van der Waals surface area contributed by atoms with Gasteiger partial charge in [-0.3, -0.25) is 4.99 Å². The Hall–Kier alpha value is -2.51. The van der Waals surface area contributed by atoms with E-state index >= 15 is 0 Å². The highest BCUT2D eigenvalue weighted by Crippen LogP contribution is 2.20. The number of likely N-dealkylation sites (tertiary alicyclic amines) is 1. The monoisotopic (exact) mass is 419 g/mol. The summed E-state index contributed by atoms with van der Waals surface area (Å²) in [4.78, 5) is 22.9. The molecule has 2 aliphatic heterocycles. The molecule has 8 heteroatoms. The van der Waals surface area contributed by atoms with Crippen molar-refractivity contribution in [2.24, 2.45) is 16.6 Å². The predicted molar refractivity (Wildman–Crippen MR) is 117 cm³/mol. The van der Waals surface area contributed by atoms with Gasteiger partial charge in [-0.1, -0.05) is 0 Å². The summed E-state index contributed by atoms with van der Waals surface area (Å²) in [5.74, 6) is 0.803. The van der Waals surface area contributed by atoms with Gasteiger partial charge in [-0.15, -0.1) is 0 Å². The van der Waals surface area contributed by atoms with Crippen molar-refractivity contribution < 1.29 is 13.9 Å². The number of benzene rings is 1. The summed E-state index contributed by atoms with van der Waals surface area (Å²) in [7, 11) is 0.